The molecule has 6 unspecified atom stereocenters. The summed E-state index contributed by atoms with van der Waals surface area (Å²) in [6, 6.07) is 24.9. The van der Waals surface area contributed by atoms with Crippen molar-refractivity contribution in [1.82, 2.24) is 10.2 Å². The van der Waals surface area contributed by atoms with Crippen molar-refractivity contribution in [2.75, 3.05) is 13.1 Å². The number of halogens is 3. The third kappa shape index (κ3) is 8.02. The van der Waals surface area contributed by atoms with E-state index in [0.29, 0.717) is 16.9 Å². The van der Waals surface area contributed by atoms with E-state index < -0.39 is 16.0 Å². The number of hydrogen-bond donors (Lipinski definition) is 2. The van der Waals surface area contributed by atoms with E-state index in [4.69, 9.17) is 44.3 Å². The van der Waals surface area contributed by atoms with Crippen LogP contribution in [0.1, 0.15) is 81.6 Å². The van der Waals surface area contributed by atoms with Gasteiger partial charge in [-0.05, 0) is 64.0 Å². The van der Waals surface area contributed by atoms with E-state index in [1.54, 1.807) is 0 Å². The predicted molar refractivity (Wildman–Crippen MR) is 188 cm³/mol. The molecule has 3 fully saturated rings. The molecule has 1 saturated carbocycles. The second-order valence-electron chi connectivity index (χ2n) is 15.0. The van der Waals surface area contributed by atoms with E-state index >= 15 is 0 Å². The van der Waals surface area contributed by atoms with Crippen molar-refractivity contribution < 1.29 is 19.4 Å². The first-order valence-corrected chi connectivity index (χ1v) is 17.6. The van der Waals surface area contributed by atoms with E-state index in [-0.39, 0.29) is 31.3 Å². The lowest BCUT2D eigenvalue weighted by Crippen LogP contribution is -2.46. The summed E-state index contributed by atoms with van der Waals surface area (Å²) in [6.07, 6.45) is 3.05. The molecule has 3 aromatic carbocycles. The summed E-state index contributed by atoms with van der Waals surface area (Å²) < 4.78 is 11.6. The molecule has 2 N–H and O–H groups in total. The Kier molecular flexibility index (Phi) is 10.1. The second kappa shape index (κ2) is 13.6. The highest BCUT2D eigenvalue weighted by atomic mass is 35.6. The summed E-state index contributed by atoms with van der Waals surface area (Å²) in [5, 5.41) is 12.3. The number of carbonyl (C=O) groups is 1. The zero-order valence-corrected chi connectivity index (χ0v) is 29.8. The van der Waals surface area contributed by atoms with Gasteiger partial charge in [0.25, 0.3) is 9.70 Å². The molecule has 0 aromatic heterocycles. The van der Waals surface area contributed by atoms with Crippen LogP contribution < -0.4 is 5.32 Å². The van der Waals surface area contributed by atoms with Crippen molar-refractivity contribution in [2.24, 2.45) is 16.7 Å². The predicted octanol–water partition coefficient (Wildman–Crippen LogP) is 8.52. The maximum atomic E-state index is 12.0. The number of nitrogens with one attached hydrogen (secondary N) is 1. The molecular formula is C38H45Cl3N2O4. The Morgan fingerprint density at radius 1 is 0.936 bits per heavy atom. The number of benzene rings is 3. The molecule has 2 bridgehead atoms. The first-order valence-electron chi connectivity index (χ1n) is 16.5. The number of hydrogen-bond acceptors (Lipinski definition) is 5. The van der Waals surface area contributed by atoms with Crippen molar-refractivity contribution in [3.05, 3.63) is 95.1 Å². The van der Waals surface area contributed by atoms with Gasteiger partial charge in [0.15, 0.2) is 6.29 Å². The van der Waals surface area contributed by atoms with Gasteiger partial charge < -0.3 is 19.9 Å². The highest BCUT2D eigenvalue weighted by Crippen LogP contribution is 2.53. The van der Waals surface area contributed by atoms with Crippen LogP contribution in [-0.2, 0) is 27.4 Å². The number of amides is 1. The zero-order valence-electron chi connectivity index (χ0n) is 27.5. The van der Waals surface area contributed by atoms with E-state index in [1.165, 1.54) is 19.3 Å². The van der Waals surface area contributed by atoms with Crippen LogP contribution in [0.2, 0.25) is 0 Å². The van der Waals surface area contributed by atoms with Crippen LogP contribution in [0.3, 0.4) is 0 Å². The Morgan fingerprint density at radius 2 is 1.64 bits per heavy atom. The van der Waals surface area contributed by atoms with Crippen molar-refractivity contribution in [3.8, 4) is 11.1 Å². The Hall–Kier alpha value is -2.16. The van der Waals surface area contributed by atoms with Gasteiger partial charge in [0, 0.05) is 37.2 Å². The van der Waals surface area contributed by atoms with Gasteiger partial charge in [-0.2, -0.15) is 0 Å². The van der Waals surface area contributed by atoms with Crippen molar-refractivity contribution in [3.63, 3.8) is 0 Å². The van der Waals surface area contributed by atoms with Gasteiger partial charge in [-0.15, -0.1) is 0 Å². The van der Waals surface area contributed by atoms with Gasteiger partial charge in [0.2, 0.25) is 0 Å². The summed E-state index contributed by atoms with van der Waals surface area (Å²) in [7, 11) is 0. The molecule has 6 nitrogen and oxygen atoms in total. The summed E-state index contributed by atoms with van der Waals surface area (Å²) in [5.74, 6) is -0.526. The number of alkyl halides is 3. The molecule has 0 spiro atoms. The highest BCUT2D eigenvalue weighted by molar-refractivity contribution is 6.76. The van der Waals surface area contributed by atoms with E-state index in [0.717, 1.165) is 46.5 Å². The highest BCUT2D eigenvalue weighted by Gasteiger charge is 2.51. The molecule has 2 aliphatic heterocycles. The SMILES string of the molecule is CC1C(CN2CC3(C)CC2CC(C)(C)C3)OC(c2ccc(-c3cccc(CNC(=O)C(Cl)(Cl)Cl)c3)cc2)OC1c1ccc(CO)cc1. The van der Waals surface area contributed by atoms with Crippen LogP contribution in [-0.4, -0.2) is 44.9 Å². The first kappa shape index (κ1) is 34.7. The smallest absolute Gasteiger partial charge is 0.272 e. The fraction of sp³-hybridized carbons (Fsp3) is 0.500. The first-order chi connectivity index (χ1) is 22.2. The molecular weight excluding hydrogens is 655 g/mol. The molecule has 9 heteroatoms. The molecule has 6 rings (SSSR count). The average molecular weight is 700 g/mol. The third-order valence-electron chi connectivity index (χ3n) is 10.2. The minimum absolute atomic E-state index is 0.0124. The standard InChI is InChI=1S/C38H45Cl3N2O4/c1-24-32(20-43-23-37(4)18-31(43)17-36(2,3)22-37)46-34(47-33(24)28-10-8-25(21-44)9-11-28)29-14-12-27(13-15-29)30-7-5-6-26(16-30)19-42-35(45)38(39,40)41/h5-16,24,31-34,44H,17-23H2,1-4H3,(H,42,45). The quantitative estimate of drug-likeness (QED) is 0.231. The number of rotatable bonds is 8. The Morgan fingerprint density at radius 3 is 2.32 bits per heavy atom. The van der Waals surface area contributed by atoms with Gasteiger partial charge in [-0.25, -0.2) is 0 Å². The summed E-state index contributed by atoms with van der Waals surface area (Å²) in [5.41, 5.74) is 6.57. The number of carbonyl (C=O) groups excluding carboxylic acids is 1. The maximum absolute atomic E-state index is 12.0. The second-order valence-corrected chi connectivity index (χ2v) is 17.2. The fourth-order valence-corrected chi connectivity index (χ4v) is 8.53. The molecule has 2 heterocycles. The van der Waals surface area contributed by atoms with Crippen LogP contribution in [0.15, 0.2) is 72.8 Å². The third-order valence-corrected chi connectivity index (χ3v) is 10.7. The van der Waals surface area contributed by atoms with Gasteiger partial charge in [0.05, 0.1) is 18.8 Å². The van der Waals surface area contributed by atoms with E-state index in [1.807, 2.05) is 36.4 Å². The zero-order chi connectivity index (χ0) is 33.6. The minimum Gasteiger partial charge on any atom is -0.392 e. The van der Waals surface area contributed by atoms with Gasteiger partial charge in [-0.1, -0.05) is 129 Å². The lowest BCUT2D eigenvalue weighted by Gasteiger charge is -2.43. The lowest BCUT2D eigenvalue weighted by molar-refractivity contribution is -0.276. The van der Waals surface area contributed by atoms with Crippen LogP contribution >= 0.6 is 34.8 Å². The maximum Gasteiger partial charge on any atom is 0.272 e. The van der Waals surface area contributed by atoms with Crippen molar-refractivity contribution >= 4 is 40.7 Å². The number of nitrogens with zero attached hydrogens (tertiary/aromatic N) is 1. The molecule has 47 heavy (non-hydrogen) atoms. The fourth-order valence-electron chi connectivity index (χ4n) is 8.33. The molecule has 1 aliphatic carbocycles. The minimum atomic E-state index is -2.00. The van der Waals surface area contributed by atoms with Crippen molar-refractivity contribution in [1.29, 1.82) is 0 Å². The monoisotopic (exact) mass is 698 g/mol. The molecule has 3 aliphatic rings. The molecule has 1 amide bonds. The van der Waals surface area contributed by atoms with Crippen LogP contribution in [0.25, 0.3) is 11.1 Å². The molecule has 6 atom stereocenters. The van der Waals surface area contributed by atoms with Crippen LogP contribution in [0.4, 0.5) is 0 Å². The van der Waals surface area contributed by atoms with Crippen LogP contribution in [0.5, 0.6) is 0 Å². The Bertz CT molecular complexity index is 1560. The Balaban J connectivity index is 1.22. The molecule has 3 aromatic rings. The van der Waals surface area contributed by atoms with Gasteiger partial charge in [-0.3, -0.25) is 9.69 Å². The largest absolute Gasteiger partial charge is 0.392 e. The lowest BCUT2D eigenvalue weighted by atomic mass is 9.65. The molecule has 0 radical (unpaired) electrons. The number of aliphatic hydroxyl groups is 1. The van der Waals surface area contributed by atoms with E-state index in [9.17, 15) is 9.90 Å². The molecule has 2 saturated heterocycles. The number of ether oxygens (including phenoxy) is 2. The summed E-state index contributed by atoms with van der Waals surface area (Å²) in [6.45, 7) is 11.8. The van der Waals surface area contributed by atoms with E-state index in [2.05, 4.69) is 74.3 Å². The number of aliphatic hydroxyl groups excluding tert-OH is 1. The topological polar surface area (TPSA) is 71.0 Å². The molecule has 252 valence electrons. The van der Waals surface area contributed by atoms with Gasteiger partial charge >= 0.3 is 0 Å². The van der Waals surface area contributed by atoms with Crippen LogP contribution in [0, 0.1) is 16.7 Å². The summed E-state index contributed by atoms with van der Waals surface area (Å²) >= 11 is 17.1. The Labute approximate surface area is 293 Å². The number of fused-ring (bicyclic) bond motifs is 2. The number of likely N-dealkylation sites (tertiary alicyclic amines) is 1. The summed E-state index contributed by atoms with van der Waals surface area (Å²) in [4.78, 5) is 14.7. The normalized spacial score (nSPS) is 29.1. The average Bonchev–Trinajstić information content (AvgIpc) is 3.27. The van der Waals surface area contributed by atoms with Gasteiger partial charge in [0.1, 0.15) is 0 Å². The van der Waals surface area contributed by atoms with Crippen molar-refractivity contribution in [2.45, 2.75) is 88.4 Å².